The average molecular weight is 326 g/mol. The molecule has 1 aromatic carbocycles. The number of benzene rings is 1. The van der Waals surface area contributed by atoms with Gasteiger partial charge < -0.3 is 9.73 Å². The molecule has 0 amide bonds. The number of furan rings is 1. The third-order valence-corrected chi connectivity index (χ3v) is 3.81. The van der Waals surface area contributed by atoms with Crippen LogP contribution < -0.4 is 5.32 Å². The summed E-state index contributed by atoms with van der Waals surface area (Å²) in [4.78, 5) is 0. The van der Waals surface area contributed by atoms with Crippen molar-refractivity contribution in [1.82, 2.24) is 0 Å². The van der Waals surface area contributed by atoms with E-state index in [0.29, 0.717) is 6.54 Å². The van der Waals surface area contributed by atoms with E-state index in [1.54, 1.807) is 11.8 Å². The molecule has 2 aromatic rings. The van der Waals surface area contributed by atoms with E-state index in [1.807, 2.05) is 12.1 Å². The first kappa shape index (κ1) is 13.6. The van der Waals surface area contributed by atoms with Gasteiger partial charge in [-0.2, -0.15) is 11.8 Å². The number of thioether (sulfide) groups is 1. The highest BCUT2D eigenvalue weighted by Gasteiger charge is 2.03. The molecule has 0 saturated carbocycles. The Hall–Kier alpha value is -0.870. The van der Waals surface area contributed by atoms with E-state index in [-0.39, 0.29) is 0 Å². The summed E-state index contributed by atoms with van der Waals surface area (Å²) in [6, 6.07) is 10.3. The minimum Gasteiger partial charge on any atom is -0.463 e. The maximum atomic E-state index is 5.71. The van der Waals surface area contributed by atoms with Crippen molar-refractivity contribution in [3.8, 4) is 0 Å². The number of nitrogens with one attached hydrogen (secondary N) is 1. The molecule has 1 N–H and O–H groups in total. The largest absolute Gasteiger partial charge is 0.463 e. The molecule has 0 atom stereocenters. The average Bonchev–Trinajstić information content (AvgIpc) is 2.76. The van der Waals surface area contributed by atoms with Crippen LogP contribution in [-0.4, -0.2) is 6.26 Å². The quantitative estimate of drug-likeness (QED) is 0.852. The van der Waals surface area contributed by atoms with Crippen molar-refractivity contribution in [2.45, 2.75) is 19.2 Å². The second-order valence-electron chi connectivity index (χ2n) is 4.14. The van der Waals surface area contributed by atoms with Crippen molar-refractivity contribution >= 4 is 33.4 Å². The van der Waals surface area contributed by atoms with Gasteiger partial charge in [-0.25, -0.2) is 0 Å². The molecule has 0 fully saturated rings. The lowest BCUT2D eigenvalue weighted by Gasteiger charge is -2.07. The van der Waals surface area contributed by atoms with Crippen molar-refractivity contribution in [3.63, 3.8) is 0 Å². The second kappa shape index (κ2) is 6.34. The Labute approximate surface area is 120 Å². The van der Waals surface area contributed by atoms with Crippen molar-refractivity contribution in [3.05, 3.63) is 51.9 Å². The third kappa shape index (κ3) is 3.56. The molecule has 18 heavy (non-hydrogen) atoms. The molecule has 0 aliphatic rings. The van der Waals surface area contributed by atoms with Crippen molar-refractivity contribution < 1.29 is 4.42 Å². The monoisotopic (exact) mass is 325 g/mol. The van der Waals surface area contributed by atoms with Gasteiger partial charge in [-0.15, -0.1) is 0 Å². The van der Waals surface area contributed by atoms with E-state index in [1.165, 1.54) is 5.56 Å². The first-order valence-corrected chi connectivity index (χ1v) is 7.94. The third-order valence-electron chi connectivity index (χ3n) is 2.58. The number of hydrogen-bond acceptors (Lipinski definition) is 3. The zero-order valence-electron chi connectivity index (χ0n) is 10.5. The molecule has 0 unspecified atom stereocenters. The van der Waals surface area contributed by atoms with E-state index >= 15 is 0 Å². The number of rotatable bonds is 5. The molecule has 96 valence electrons. The van der Waals surface area contributed by atoms with Gasteiger partial charge >= 0.3 is 0 Å². The Balaban J connectivity index is 1.97. The second-order valence-corrected chi connectivity index (χ2v) is 5.86. The summed E-state index contributed by atoms with van der Waals surface area (Å²) in [5.74, 6) is 2.92. The molecular formula is C14H16BrNOS. The van der Waals surface area contributed by atoms with Gasteiger partial charge in [-0.05, 0) is 58.9 Å². The van der Waals surface area contributed by atoms with Gasteiger partial charge in [0.2, 0.25) is 0 Å². The lowest BCUT2D eigenvalue weighted by molar-refractivity contribution is 0.487. The Kier molecular flexibility index (Phi) is 4.78. The Morgan fingerprint density at radius 1 is 1.22 bits per heavy atom. The van der Waals surface area contributed by atoms with Crippen LogP contribution in [0.1, 0.15) is 17.1 Å². The molecular weight excluding hydrogens is 310 g/mol. The van der Waals surface area contributed by atoms with E-state index in [9.17, 15) is 0 Å². The molecule has 2 rings (SSSR count). The van der Waals surface area contributed by atoms with Crippen LogP contribution in [0.4, 0.5) is 5.69 Å². The minimum absolute atomic E-state index is 0.704. The molecule has 0 radical (unpaired) electrons. The summed E-state index contributed by atoms with van der Waals surface area (Å²) in [6.07, 6.45) is 2.07. The van der Waals surface area contributed by atoms with E-state index in [2.05, 4.69) is 52.6 Å². The molecule has 0 spiro atoms. The van der Waals surface area contributed by atoms with Crippen molar-refractivity contribution in [2.24, 2.45) is 0 Å². The lowest BCUT2D eigenvalue weighted by Crippen LogP contribution is -1.98. The van der Waals surface area contributed by atoms with Gasteiger partial charge in [0, 0.05) is 10.2 Å². The highest BCUT2D eigenvalue weighted by molar-refractivity contribution is 9.10. The molecule has 0 saturated heterocycles. The molecule has 0 aliphatic heterocycles. The van der Waals surface area contributed by atoms with Crippen LogP contribution in [0.15, 0.2) is 39.2 Å². The van der Waals surface area contributed by atoms with Crippen molar-refractivity contribution in [1.29, 1.82) is 0 Å². The predicted molar refractivity (Wildman–Crippen MR) is 82.1 cm³/mol. The van der Waals surface area contributed by atoms with Gasteiger partial charge in [-0.3, -0.25) is 0 Å². The van der Waals surface area contributed by atoms with Crippen LogP contribution in [0, 0.1) is 6.92 Å². The first-order valence-electron chi connectivity index (χ1n) is 5.75. The van der Waals surface area contributed by atoms with E-state index < -0.39 is 0 Å². The molecule has 2 nitrogen and oxygen atoms in total. The number of halogens is 1. The summed E-state index contributed by atoms with van der Waals surface area (Å²) in [5, 5.41) is 3.36. The summed E-state index contributed by atoms with van der Waals surface area (Å²) >= 11 is 5.32. The van der Waals surface area contributed by atoms with Crippen LogP contribution in [0.25, 0.3) is 0 Å². The fraction of sp³-hybridized carbons (Fsp3) is 0.286. The SMILES string of the molecule is CSCc1ccc(CNc2ccc(C)cc2Br)o1. The van der Waals surface area contributed by atoms with Crippen LogP contribution in [0.3, 0.4) is 0 Å². The molecule has 0 aliphatic carbocycles. The number of hydrogen-bond donors (Lipinski definition) is 1. The first-order chi connectivity index (χ1) is 8.69. The normalized spacial score (nSPS) is 10.6. The standard InChI is InChI=1S/C14H16BrNOS/c1-10-3-6-14(13(15)7-10)16-8-11-4-5-12(17-11)9-18-2/h3-7,16H,8-9H2,1-2H3. The van der Waals surface area contributed by atoms with Gasteiger partial charge in [0.15, 0.2) is 0 Å². The van der Waals surface area contributed by atoms with Gasteiger partial charge in [-0.1, -0.05) is 6.07 Å². The summed E-state index contributed by atoms with van der Waals surface area (Å²) < 4.78 is 6.79. The van der Waals surface area contributed by atoms with Crippen LogP contribution >= 0.6 is 27.7 Å². The molecule has 1 aromatic heterocycles. The summed E-state index contributed by atoms with van der Waals surface area (Å²) in [6.45, 7) is 2.78. The zero-order valence-corrected chi connectivity index (χ0v) is 12.9. The molecule has 0 bridgehead atoms. The predicted octanol–water partition coefficient (Wildman–Crippen LogP) is 4.83. The Bertz CT molecular complexity index is 524. The number of aryl methyl sites for hydroxylation is 1. The molecule has 1 heterocycles. The van der Waals surface area contributed by atoms with Gasteiger partial charge in [0.1, 0.15) is 11.5 Å². The van der Waals surface area contributed by atoms with E-state index in [0.717, 1.165) is 27.4 Å². The maximum absolute atomic E-state index is 5.71. The van der Waals surface area contributed by atoms with Crippen molar-refractivity contribution in [2.75, 3.05) is 11.6 Å². The van der Waals surface area contributed by atoms with Crippen LogP contribution in [0.2, 0.25) is 0 Å². The van der Waals surface area contributed by atoms with Crippen LogP contribution in [0.5, 0.6) is 0 Å². The van der Waals surface area contributed by atoms with Gasteiger partial charge in [0.05, 0.1) is 12.3 Å². The fourth-order valence-corrected chi connectivity index (χ4v) is 2.76. The highest BCUT2D eigenvalue weighted by Crippen LogP contribution is 2.24. The van der Waals surface area contributed by atoms with Crippen LogP contribution in [-0.2, 0) is 12.3 Å². The zero-order chi connectivity index (χ0) is 13.0. The Morgan fingerprint density at radius 2 is 2.00 bits per heavy atom. The fourth-order valence-electron chi connectivity index (χ4n) is 1.68. The number of anilines is 1. The smallest absolute Gasteiger partial charge is 0.123 e. The molecule has 4 heteroatoms. The Morgan fingerprint density at radius 3 is 2.72 bits per heavy atom. The maximum Gasteiger partial charge on any atom is 0.123 e. The summed E-state index contributed by atoms with van der Waals surface area (Å²) in [7, 11) is 0. The highest BCUT2D eigenvalue weighted by atomic mass is 79.9. The summed E-state index contributed by atoms with van der Waals surface area (Å²) in [5.41, 5.74) is 2.33. The minimum atomic E-state index is 0.704. The topological polar surface area (TPSA) is 25.2 Å². The lowest BCUT2D eigenvalue weighted by atomic mass is 10.2. The van der Waals surface area contributed by atoms with E-state index in [4.69, 9.17) is 4.42 Å². The van der Waals surface area contributed by atoms with Gasteiger partial charge in [0.25, 0.3) is 0 Å².